The fraction of sp³-hybridized carbons (Fsp3) is 0.611. The molecular formula is C18H28N2O. The molecule has 3 heteroatoms. The number of rotatable bonds is 6. The molecule has 1 aliphatic carbocycles. The zero-order valence-electron chi connectivity index (χ0n) is 13.4. The molecule has 21 heavy (non-hydrogen) atoms. The Morgan fingerprint density at radius 1 is 1.24 bits per heavy atom. The molecule has 0 radical (unpaired) electrons. The zero-order chi connectivity index (χ0) is 15.1. The minimum Gasteiger partial charge on any atom is -0.336 e. The largest absolute Gasteiger partial charge is 0.336 e. The van der Waals surface area contributed by atoms with Gasteiger partial charge in [-0.2, -0.15) is 0 Å². The van der Waals surface area contributed by atoms with Gasteiger partial charge in [-0.25, -0.2) is 0 Å². The van der Waals surface area contributed by atoms with E-state index >= 15 is 0 Å². The monoisotopic (exact) mass is 288 g/mol. The van der Waals surface area contributed by atoms with Crippen molar-refractivity contribution < 1.29 is 4.79 Å². The molecule has 0 bridgehead atoms. The van der Waals surface area contributed by atoms with Gasteiger partial charge in [0.15, 0.2) is 0 Å². The first-order valence-corrected chi connectivity index (χ1v) is 8.31. The lowest BCUT2D eigenvalue weighted by Crippen LogP contribution is -2.41. The van der Waals surface area contributed by atoms with Crippen LogP contribution >= 0.6 is 0 Å². The predicted molar refractivity (Wildman–Crippen MR) is 87.7 cm³/mol. The van der Waals surface area contributed by atoms with Crippen LogP contribution in [0.3, 0.4) is 0 Å². The first-order chi connectivity index (χ1) is 10.3. The van der Waals surface area contributed by atoms with Crippen LogP contribution in [0.2, 0.25) is 0 Å². The Morgan fingerprint density at radius 2 is 1.95 bits per heavy atom. The highest BCUT2D eigenvalue weighted by molar-refractivity contribution is 5.96. The number of amides is 1. The van der Waals surface area contributed by atoms with E-state index in [0.717, 1.165) is 43.5 Å². The van der Waals surface area contributed by atoms with Crippen molar-refractivity contribution in [2.45, 2.75) is 51.5 Å². The van der Waals surface area contributed by atoms with Gasteiger partial charge in [0.2, 0.25) is 0 Å². The van der Waals surface area contributed by atoms with Gasteiger partial charge in [-0.15, -0.1) is 0 Å². The lowest BCUT2D eigenvalue weighted by Gasteiger charge is -2.34. The third-order valence-electron chi connectivity index (χ3n) is 4.51. The molecule has 0 unspecified atom stereocenters. The number of benzene rings is 1. The van der Waals surface area contributed by atoms with Crippen LogP contribution in [0.25, 0.3) is 0 Å². The summed E-state index contributed by atoms with van der Waals surface area (Å²) < 4.78 is 0. The first kappa shape index (κ1) is 16.0. The molecule has 0 aromatic heterocycles. The van der Waals surface area contributed by atoms with Gasteiger partial charge in [0.25, 0.3) is 5.91 Å². The first-order valence-electron chi connectivity index (χ1n) is 8.31. The van der Waals surface area contributed by atoms with Gasteiger partial charge in [-0.05, 0) is 51.4 Å². The van der Waals surface area contributed by atoms with Gasteiger partial charge < -0.3 is 10.2 Å². The Kier molecular flexibility index (Phi) is 6.24. The molecule has 0 aliphatic heterocycles. The number of likely N-dealkylation sites (N-methyl/N-ethyl adjacent to an activating group) is 1. The average Bonchev–Trinajstić information content (AvgIpc) is 2.55. The molecule has 3 nitrogen and oxygen atoms in total. The molecule has 0 saturated heterocycles. The van der Waals surface area contributed by atoms with Crippen LogP contribution in [0.15, 0.2) is 24.3 Å². The van der Waals surface area contributed by atoms with Crippen molar-refractivity contribution in [2.75, 3.05) is 20.1 Å². The molecule has 1 aromatic rings. The van der Waals surface area contributed by atoms with Gasteiger partial charge in [0.1, 0.15) is 0 Å². The van der Waals surface area contributed by atoms with Gasteiger partial charge >= 0.3 is 0 Å². The fourth-order valence-electron chi connectivity index (χ4n) is 3.32. The van der Waals surface area contributed by atoms with Crippen LogP contribution in [-0.2, 0) is 6.42 Å². The molecule has 0 atom stereocenters. The second-order valence-corrected chi connectivity index (χ2v) is 5.89. The third kappa shape index (κ3) is 4.07. The molecule has 1 N–H and O–H groups in total. The highest BCUT2D eigenvalue weighted by atomic mass is 16.2. The summed E-state index contributed by atoms with van der Waals surface area (Å²) in [4.78, 5) is 15.1. The summed E-state index contributed by atoms with van der Waals surface area (Å²) in [6, 6.07) is 8.51. The van der Waals surface area contributed by atoms with Crippen LogP contribution in [0, 0.1) is 0 Å². The topological polar surface area (TPSA) is 32.3 Å². The highest BCUT2D eigenvalue weighted by Gasteiger charge is 2.25. The molecule has 116 valence electrons. The normalized spacial score (nSPS) is 15.9. The molecule has 1 amide bonds. The number of hydrogen-bond acceptors (Lipinski definition) is 2. The quantitative estimate of drug-likeness (QED) is 0.871. The van der Waals surface area contributed by atoms with Crippen molar-refractivity contribution in [3.63, 3.8) is 0 Å². The minimum absolute atomic E-state index is 0.219. The Balaban J connectivity index is 2.16. The van der Waals surface area contributed by atoms with E-state index < -0.39 is 0 Å². The van der Waals surface area contributed by atoms with E-state index in [4.69, 9.17) is 0 Å². The summed E-state index contributed by atoms with van der Waals surface area (Å²) in [6.07, 6.45) is 7.07. The molecule has 0 heterocycles. The predicted octanol–water partition coefficient (Wildman–Crippen LogP) is 3.24. The lowest BCUT2D eigenvalue weighted by molar-refractivity contribution is 0.0647. The number of carbonyl (C=O) groups is 1. The Morgan fingerprint density at radius 3 is 2.62 bits per heavy atom. The highest BCUT2D eigenvalue weighted by Crippen LogP contribution is 2.24. The van der Waals surface area contributed by atoms with E-state index in [1.165, 1.54) is 19.3 Å². The van der Waals surface area contributed by atoms with Gasteiger partial charge in [0.05, 0.1) is 0 Å². The van der Waals surface area contributed by atoms with E-state index in [2.05, 4.69) is 23.2 Å². The molecule has 1 fully saturated rings. The van der Waals surface area contributed by atoms with Crippen molar-refractivity contribution >= 4 is 5.91 Å². The third-order valence-corrected chi connectivity index (χ3v) is 4.51. The van der Waals surface area contributed by atoms with Gasteiger partial charge in [0, 0.05) is 18.2 Å². The van der Waals surface area contributed by atoms with E-state index in [0.29, 0.717) is 6.04 Å². The fourth-order valence-corrected chi connectivity index (χ4v) is 3.32. The number of nitrogens with zero attached hydrogens (tertiary/aromatic N) is 1. The van der Waals surface area contributed by atoms with Crippen LogP contribution in [0.4, 0.5) is 0 Å². The van der Waals surface area contributed by atoms with Crippen LogP contribution in [-0.4, -0.2) is 37.0 Å². The van der Waals surface area contributed by atoms with Crippen LogP contribution < -0.4 is 5.32 Å². The van der Waals surface area contributed by atoms with Crippen molar-refractivity contribution in [1.29, 1.82) is 0 Å². The Bertz CT molecular complexity index is 452. The second-order valence-electron chi connectivity index (χ2n) is 5.89. The van der Waals surface area contributed by atoms with Gasteiger partial charge in [-0.3, -0.25) is 4.79 Å². The Labute approximate surface area is 128 Å². The van der Waals surface area contributed by atoms with E-state index in [1.807, 2.05) is 25.2 Å². The summed E-state index contributed by atoms with van der Waals surface area (Å²) in [5, 5.41) is 3.16. The molecule has 1 saturated carbocycles. The maximum absolute atomic E-state index is 13.0. The average molecular weight is 288 g/mol. The summed E-state index contributed by atoms with van der Waals surface area (Å²) in [5.41, 5.74) is 2.05. The Hall–Kier alpha value is -1.35. The lowest BCUT2D eigenvalue weighted by atomic mass is 9.93. The van der Waals surface area contributed by atoms with Crippen LogP contribution in [0.1, 0.15) is 54.9 Å². The smallest absolute Gasteiger partial charge is 0.254 e. The van der Waals surface area contributed by atoms with Crippen molar-refractivity contribution in [2.24, 2.45) is 0 Å². The molecular weight excluding hydrogens is 260 g/mol. The summed E-state index contributed by atoms with van der Waals surface area (Å²) in [7, 11) is 1.95. The van der Waals surface area contributed by atoms with Crippen LogP contribution in [0.5, 0.6) is 0 Å². The number of hydrogen-bond donors (Lipinski definition) is 1. The minimum atomic E-state index is 0.219. The second kappa shape index (κ2) is 8.18. The molecule has 1 aliphatic rings. The van der Waals surface area contributed by atoms with E-state index in [9.17, 15) is 4.79 Å². The number of carbonyl (C=O) groups excluding carboxylic acids is 1. The maximum Gasteiger partial charge on any atom is 0.254 e. The molecule has 0 spiro atoms. The number of nitrogens with one attached hydrogen (secondary N) is 1. The standard InChI is InChI=1S/C18H28N2O/c1-3-20(16-10-5-4-6-11-16)18(21)17-12-8-7-9-15(17)13-14-19-2/h7-9,12,16,19H,3-6,10-11,13-14H2,1-2H3. The molecule has 2 rings (SSSR count). The SMILES string of the molecule is CCN(C(=O)c1ccccc1CCNC)C1CCCCC1. The van der Waals surface area contributed by atoms with E-state index in [1.54, 1.807) is 0 Å². The maximum atomic E-state index is 13.0. The molecule has 1 aromatic carbocycles. The van der Waals surface area contributed by atoms with E-state index in [-0.39, 0.29) is 5.91 Å². The van der Waals surface area contributed by atoms with Crippen molar-refractivity contribution in [3.8, 4) is 0 Å². The van der Waals surface area contributed by atoms with Crippen molar-refractivity contribution in [3.05, 3.63) is 35.4 Å². The zero-order valence-corrected chi connectivity index (χ0v) is 13.4. The summed E-state index contributed by atoms with van der Waals surface area (Å²) in [6.45, 7) is 3.81. The summed E-state index contributed by atoms with van der Waals surface area (Å²) >= 11 is 0. The van der Waals surface area contributed by atoms with Crippen molar-refractivity contribution in [1.82, 2.24) is 10.2 Å². The summed E-state index contributed by atoms with van der Waals surface area (Å²) in [5.74, 6) is 0.219. The van der Waals surface area contributed by atoms with Gasteiger partial charge in [-0.1, -0.05) is 37.5 Å².